The molecule has 4 N–H and O–H groups in total. The third-order valence-electron chi connectivity index (χ3n) is 2.21. The molecule has 0 aromatic carbocycles. The Balaban J connectivity index is 2.00. The van der Waals surface area contributed by atoms with Gasteiger partial charge in [0.05, 0.1) is 5.25 Å². The Bertz CT molecular complexity index is 353. The third-order valence-corrected chi connectivity index (χ3v) is 3.34. The first kappa shape index (κ1) is 10.3. The topological polar surface area (TPSA) is 96.7 Å². The Labute approximate surface area is 91.4 Å². The van der Waals surface area contributed by atoms with Gasteiger partial charge in [0.15, 0.2) is 0 Å². The number of rotatable bonds is 2. The van der Waals surface area contributed by atoms with E-state index >= 15 is 0 Å². The number of hydrogen-bond acceptors (Lipinski definition) is 5. The summed E-state index contributed by atoms with van der Waals surface area (Å²) in [5, 5.41) is 9.76. The number of anilines is 1. The molecule has 1 unspecified atom stereocenters. The van der Waals surface area contributed by atoms with Gasteiger partial charge in [-0.05, 0) is 12.8 Å². The van der Waals surface area contributed by atoms with E-state index in [1.807, 2.05) is 0 Å². The van der Waals surface area contributed by atoms with E-state index in [9.17, 15) is 4.79 Å². The lowest BCUT2D eigenvalue weighted by Crippen LogP contribution is -2.30. The minimum Gasteiger partial charge on any atom is -0.368 e. The summed E-state index contributed by atoms with van der Waals surface area (Å²) < 4.78 is 0. The minimum absolute atomic E-state index is 0.0703. The van der Waals surface area contributed by atoms with Gasteiger partial charge < -0.3 is 11.1 Å². The molecule has 7 heteroatoms. The SMILES string of the molecule is Nc1nc(SC2CCCCNC2=O)n[nH]1. The number of carbonyl (C=O) groups excluding carboxylic acids is 1. The number of carbonyl (C=O) groups is 1. The predicted octanol–water partition coefficient (Wildman–Crippen LogP) is 0.148. The van der Waals surface area contributed by atoms with Gasteiger partial charge in [0.1, 0.15) is 0 Å². The summed E-state index contributed by atoms with van der Waals surface area (Å²) in [4.78, 5) is 15.6. The van der Waals surface area contributed by atoms with E-state index in [0.29, 0.717) is 5.16 Å². The van der Waals surface area contributed by atoms with Crippen molar-refractivity contribution in [3.05, 3.63) is 0 Å². The van der Waals surface area contributed by atoms with Crippen molar-refractivity contribution in [3.63, 3.8) is 0 Å². The van der Waals surface area contributed by atoms with Crippen LogP contribution in [0.3, 0.4) is 0 Å². The zero-order chi connectivity index (χ0) is 10.7. The Morgan fingerprint density at radius 2 is 2.33 bits per heavy atom. The number of H-pyrrole nitrogens is 1. The first-order valence-electron chi connectivity index (χ1n) is 4.88. The van der Waals surface area contributed by atoms with E-state index in [-0.39, 0.29) is 17.1 Å². The number of aromatic amines is 1. The normalized spacial score (nSPS) is 22.1. The summed E-state index contributed by atoms with van der Waals surface area (Å²) in [6, 6.07) is 0. The number of nitrogen functional groups attached to an aromatic ring is 1. The molecule has 1 saturated heterocycles. The highest BCUT2D eigenvalue weighted by molar-refractivity contribution is 8.00. The second-order valence-electron chi connectivity index (χ2n) is 3.40. The van der Waals surface area contributed by atoms with Crippen molar-refractivity contribution < 1.29 is 4.79 Å². The van der Waals surface area contributed by atoms with E-state index in [0.717, 1.165) is 25.8 Å². The van der Waals surface area contributed by atoms with Gasteiger partial charge in [0.25, 0.3) is 0 Å². The summed E-state index contributed by atoms with van der Waals surface area (Å²) >= 11 is 1.36. The second-order valence-corrected chi connectivity index (χ2v) is 4.57. The van der Waals surface area contributed by atoms with Gasteiger partial charge in [0, 0.05) is 6.54 Å². The summed E-state index contributed by atoms with van der Waals surface area (Å²) in [5.41, 5.74) is 5.41. The van der Waals surface area contributed by atoms with Gasteiger partial charge in [-0.2, -0.15) is 4.98 Å². The fourth-order valence-electron chi connectivity index (χ4n) is 1.46. The average molecular weight is 227 g/mol. The molecule has 82 valence electrons. The maximum absolute atomic E-state index is 11.6. The highest BCUT2D eigenvalue weighted by atomic mass is 32.2. The van der Waals surface area contributed by atoms with Gasteiger partial charge in [-0.15, -0.1) is 5.10 Å². The number of amides is 1. The Morgan fingerprint density at radius 3 is 3.07 bits per heavy atom. The number of thioether (sulfide) groups is 1. The molecular weight excluding hydrogens is 214 g/mol. The number of aromatic nitrogens is 3. The first-order valence-corrected chi connectivity index (χ1v) is 5.76. The molecular formula is C8H13N5OS. The standard InChI is InChI=1S/C8H13N5OS/c9-7-11-8(13-12-7)15-5-3-1-2-4-10-6(5)14/h5H,1-4H2,(H,10,14)(H3,9,11,12,13). The molecule has 1 aliphatic rings. The van der Waals surface area contributed by atoms with Crippen molar-refractivity contribution in [1.82, 2.24) is 20.5 Å². The van der Waals surface area contributed by atoms with Crippen LogP contribution in [-0.4, -0.2) is 32.9 Å². The van der Waals surface area contributed by atoms with Gasteiger partial charge in [-0.25, -0.2) is 5.10 Å². The quantitative estimate of drug-likeness (QED) is 0.668. The van der Waals surface area contributed by atoms with E-state index in [4.69, 9.17) is 5.73 Å². The summed E-state index contributed by atoms with van der Waals surface area (Å²) in [6.07, 6.45) is 2.96. The van der Waals surface area contributed by atoms with Crippen molar-refractivity contribution in [1.29, 1.82) is 0 Å². The lowest BCUT2D eigenvalue weighted by atomic mass is 10.2. The van der Waals surface area contributed by atoms with Gasteiger partial charge in [-0.3, -0.25) is 4.79 Å². The Kier molecular flexibility index (Phi) is 3.10. The molecule has 1 aliphatic heterocycles. The fourth-order valence-corrected chi connectivity index (χ4v) is 2.44. The van der Waals surface area contributed by atoms with Crippen LogP contribution in [0.15, 0.2) is 5.16 Å². The zero-order valence-corrected chi connectivity index (χ0v) is 9.01. The highest BCUT2D eigenvalue weighted by Crippen LogP contribution is 2.25. The fraction of sp³-hybridized carbons (Fsp3) is 0.625. The molecule has 1 atom stereocenters. The van der Waals surface area contributed by atoms with Crippen molar-refractivity contribution in [2.75, 3.05) is 12.3 Å². The van der Waals surface area contributed by atoms with Gasteiger partial charge in [-0.1, -0.05) is 18.2 Å². The molecule has 1 aromatic rings. The Morgan fingerprint density at radius 1 is 1.47 bits per heavy atom. The van der Waals surface area contributed by atoms with E-state index < -0.39 is 0 Å². The summed E-state index contributed by atoms with van der Waals surface area (Å²) in [7, 11) is 0. The maximum Gasteiger partial charge on any atom is 0.233 e. The molecule has 0 radical (unpaired) electrons. The van der Waals surface area contributed by atoms with Gasteiger partial charge in [0.2, 0.25) is 17.0 Å². The van der Waals surface area contributed by atoms with Crippen LogP contribution >= 0.6 is 11.8 Å². The van der Waals surface area contributed by atoms with E-state index in [1.165, 1.54) is 11.8 Å². The van der Waals surface area contributed by atoms with Crippen LogP contribution in [0, 0.1) is 0 Å². The van der Waals surface area contributed by atoms with Crippen molar-refractivity contribution in [2.45, 2.75) is 29.7 Å². The van der Waals surface area contributed by atoms with E-state index in [2.05, 4.69) is 20.5 Å². The van der Waals surface area contributed by atoms with Crippen LogP contribution in [0.5, 0.6) is 0 Å². The zero-order valence-electron chi connectivity index (χ0n) is 8.19. The Hall–Kier alpha value is -1.24. The van der Waals surface area contributed by atoms with Crippen LogP contribution < -0.4 is 11.1 Å². The molecule has 0 aliphatic carbocycles. The lowest BCUT2D eigenvalue weighted by Gasteiger charge is -2.09. The minimum atomic E-state index is -0.0947. The number of nitrogens with zero attached hydrogens (tertiary/aromatic N) is 2. The molecule has 0 bridgehead atoms. The smallest absolute Gasteiger partial charge is 0.233 e. The number of nitrogens with one attached hydrogen (secondary N) is 2. The van der Waals surface area contributed by atoms with E-state index in [1.54, 1.807) is 0 Å². The predicted molar refractivity (Wildman–Crippen MR) is 57.3 cm³/mol. The molecule has 2 rings (SSSR count). The van der Waals surface area contributed by atoms with Crippen LogP contribution in [-0.2, 0) is 4.79 Å². The number of nitrogens with two attached hydrogens (primary N) is 1. The van der Waals surface area contributed by atoms with Crippen LogP contribution in [0.4, 0.5) is 5.95 Å². The molecule has 1 fully saturated rings. The molecule has 1 aromatic heterocycles. The van der Waals surface area contributed by atoms with Gasteiger partial charge >= 0.3 is 0 Å². The van der Waals surface area contributed by atoms with Crippen molar-refractivity contribution in [2.24, 2.45) is 0 Å². The second kappa shape index (κ2) is 4.52. The van der Waals surface area contributed by atoms with Crippen LogP contribution in [0.1, 0.15) is 19.3 Å². The average Bonchev–Trinajstić information content (AvgIpc) is 2.50. The lowest BCUT2D eigenvalue weighted by molar-refractivity contribution is -0.120. The summed E-state index contributed by atoms with van der Waals surface area (Å²) in [5.74, 6) is 0.354. The highest BCUT2D eigenvalue weighted by Gasteiger charge is 2.23. The van der Waals surface area contributed by atoms with Crippen LogP contribution in [0.2, 0.25) is 0 Å². The summed E-state index contributed by atoms with van der Waals surface area (Å²) in [6.45, 7) is 0.770. The number of hydrogen-bond donors (Lipinski definition) is 3. The molecule has 1 amide bonds. The maximum atomic E-state index is 11.6. The first-order chi connectivity index (χ1) is 7.25. The monoisotopic (exact) mass is 227 g/mol. The largest absolute Gasteiger partial charge is 0.368 e. The van der Waals surface area contributed by atoms with Crippen LogP contribution in [0.25, 0.3) is 0 Å². The van der Waals surface area contributed by atoms with Crippen molar-refractivity contribution >= 4 is 23.6 Å². The molecule has 0 spiro atoms. The molecule has 15 heavy (non-hydrogen) atoms. The van der Waals surface area contributed by atoms with Crippen molar-refractivity contribution in [3.8, 4) is 0 Å². The molecule has 0 saturated carbocycles. The molecule has 6 nitrogen and oxygen atoms in total. The third kappa shape index (κ3) is 2.62. The molecule has 2 heterocycles.